The molecule has 0 aromatic carbocycles. The predicted molar refractivity (Wildman–Crippen MR) is 83.7 cm³/mol. The van der Waals surface area contributed by atoms with E-state index in [9.17, 15) is 9.59 Å². The van der Waals surface area contributed by atoms with E-state index in [1.807, 2.05) is 6.92 Å². The lowest BCUT2D eigenvalue weighted by atomic mass is 9.97. The van der Waals surface area contributed by atoms with Crippen LogP contribution in [0, 0.1) is 11.3 Å². The second kappa shape index (κ2) is 8.54. The van der Waals surface area contributed by atoms with Gasteiger partial charge in [0.25, 0.3) is 0 Å². The molecule has 1 heterocycles. The minimum absolute atomic E-state index is 0.0288. The highest BCUT2D eigenvalue weighted by Gasteiger charge is 2.22. The molecule has 21 heavy (non-hydrogen) atoms. The summed E-state index contributed by atoms with van der Waals surface area (Å²) in [4.78, 5) is 27.4. The van der Waals surface area contributed by atoms with Gasteiger partial charge in [-0.15, -0.1) is 0 Å². The number of hydrogen-bond donors (Lipinski definition) is 3. The van der Waals surface area contributed by atoms with Crippen molar-refractivity contribution in [1.82, 2.24) is 5.32 Å². The number of rotatable bonds is 6. The van der Waals surface area contributed by atoms with Gasteiger partial charge in [-0.3, -0.25) is 14.6 Å². The van der Waals surface area contributed by atoms with Gasteiger partial charge in [-0.1, -0.05) is 13.8 Å². The highest BCUT2D eigenvalue weighted by Crippen LogP contribution is 2.09. The van der Waals surface area contributed by atoms with E-state index in [-0.39, 0.29) is 42.9 Å². The van der Waals surface area contributed by atoms with E-state index in [0.717, 1.165) is 12.8 Å². The molecule has 1 saturated heterocycles. The van der Waals surface area contributed by atoms with Crippen LogP contribution in [0.15, 0.2) is 4.99 Å². The van der Waals surface area contributed by atoms with Gasteiger partial charge in [-0.2, -0.15) is 0 Å². The van der Waals surface area contributed by atoms with Crippen molar-refractivity contribution in [1.29, 1.82) is 5.41 Å². The number of hydrogen-bond acceptors (Lipinski definition) is 4. The van der Waals surface area contributed by atoms with E-state index in [2.05, 4.69) is 17.2 Å². The predicted octanol–water partition coefficient (Wildman–Crippen LogP) is 1.43. The Bertz CT molecular complexity index is 431. The van der Waals surface area contributed by atoms with E-state index in [4.69, 9.17) is 11.1 Å². The minimum atomic E-state index is -0.346. The summed E-state index contributed by atoms with van der Waals surface area (Å²) in [6, 6.07) is -0.346. The summed E-state index contributed by atoms with van der Waals surface area (Å²) in [7, 11) is 0. The molecule has 6 nitrogen and oxygen atoms in total. The minimum Gasteiger partial charge on any atom is -0.387 e. The largest absolute Gasteiger partial charge is 0.387 e. The molecule has 0 aliphatic carbocycles. The van der Waals surface area contributed by atoms with Crippen molar-refractivity contribution in [2.75, 3.05) is 6.54 Å². The molecule has 1 rings (SSSR count). The summed E-state index contributed by atoms with van der Waals surface area (Å²) in [6.45, 7) is 4.69. The fourth-order valence-corrected chi connectivity index (χ4v) is 2.15. The summed E-state index contributed by atoms with van der Waals surface area (Å²) in [5, 5.41) is 10.7. The Morgan fingerprint density at radius 2 is 2.19 bits per heavy atom. The topological polar surface area (TPSA) is 108 Å². The zero-order chi connectivity index (χ0) is 15.8. The molecule has 0 radical (unpaired) electrons. The Hall–Kier alpha value is -1.72. The monoisotopic (exact) mass is 294 g/mol. The maximum atomic E-state index is 11.6. The molecule has 1 fully saturated rings. The third kappa shape index (κ3) is 6.06. The molecule has 118 valence electrons. The van der Waals surface area contributed by atoms with Crippen molar-refractivity contribution in [3.8, 4) is 0 Å². The van der Waals surface area contributed by atoms with Crippen molar-refractivity contribution >= 4 is 23.2 Å². The number of ketones is 1. The van der Waals surface area contributed by atoms with Gasteiger partial charge < -0.3 is 16.5 Å². The quantitative estimate of drug-likeness (QED) is 0.391. The van der Waals surface area contributed by atoms with E-state index >= 15 is 0 Å². The maximum Gasteiger partial charge on any atom is 0.220 e. The number of Topliss-reactive ketones (excluding diaryl/α,β-unsaturated/α-hetero) is 1. The van der Waals surface area contributed by atoms with Gasteiger partial charge in [0.15, 0.2) is 0 Å². The van der Waals surface area contributed by atoms with Gasteiger partial charge >= 0.3 is 0 Å². The van der Waals surface area contributed by atoms with Crippen molar-refractivity contribution in [2.45, 2.75) is 58.4 Å². The zero-order valence-corrected chi connectivity index (χ0v) is 12.9. The number of carbonyl (C=O) groups is 2. The van der Waals surface area contributed by atoms with Gasteiger partial charge in [-0.25, -0.2) is 0 Å². The molecule has 0 spiro atoms. The molecule has 1 aliphatic heterocycles. The molecule has 2 unspecified atom stereocenters. The molecular formula is C15H26N4O2. The van der Waals surface area contributed by atoms with Crippen LogP contribution in [0.2, 0.25) is 0 Å². The lowest BCUT2D eigenvalue weighted by Gasteiger charge is -2.21. The third-order valence-corrected chi connectivity index (χ3v) is 3.84. The first-order valence-electron chi connectivity index (χ1n) is 7.62. The van der Waals surface area contributed by atoms with Crippen LogP contribution in [-0.4, -0.2) is 35.8 Å². The summed E-state index contributed by atoms with van der Waals surface area (Å²) < 4.78 is 0. The van der Waals surface area contributed by atoms with E-state index < -0.39 is 0 Å². The maximum absolute atomic E-state index is 11.6. The van der Waals surface area contributed by atoms with Crippen molar-refractivity contribution in [2.24, 2.45) is 16.6 Å². The molecule has 0 bridgehead atoms. The Labute approximate surface area is 126 Å². The van der Waals surface area contributed by atoms with Crippen LogP contribution in [0.25, 0.3) is 0 Å². The highest BCUT2D eigenvalue weighted by molar-refractivity contribution is 6.06. The van der Waals surface area contributed by atoms with Gasteiger partial charge in [-0.05, 0) is 19.3 Å². The van der Waals surface area contributed by atoms with Crippen LogP contribution in [-0.2, 0) is 9.59 Å². The Kier molecular flexibility index (Phi) is 7.05. The molecule has 1 aliphatic rings. The van der Waals surface area contributed by atoms with Crippen LogP contribution in [0.5, 0.6) is 0 Å². The fourth-order valence-electron chi connectivity index (χ4n) is 2.15. The molecule has 6 heteroatoms. The van der Waals surface area contributed by atoms with Crippen molar-refractivity contribution in [3.05, 3.63) is 0 Å². The van der Waals surface area contributed by atoms with Gasteiger partial charge in [0.1, 0.15) is 5.78 Å². The first-order chi connectivity index (χ1) is 9.93. The Morgan fingerprint density at radius 3 is 2.86 bits per heavy atom. The SMILES string of the molecule is CCC(C)C(N)=NCCCC1NC(=O)CCC(=O)CC1=N. The third-order valence-electron chi connectivity index (χ3n) is 3.84. The van der Waals surface area contributed by atoms with Crippen molar-refractivity contribution < 1.29 is 9.59 Å². The molecule has 4 N–H and O–H groups in total. The average molecular weight is 294 g/mol. The normalized spacial score (nSPS) is 22.5. The molecule has 1 amide bonds. The van der Waals surface area contributed by atoms with E-state index in [0.29, 0.717) is 24.5 Å². The van der Waals surface area contributed by atoms with Gasteiger partial charge in [0, 0.05) is 37.4 Å². The summed E-state index contributed by atoms with van der Waals surface area (Å²) in [5.41, 5.74) is 6.15. The van der Waals surface area contributed by atoms with Crippen LogP contribution < -0.4 is 11.1 Å². The molecule has 0 aromatic rings. The first kappa shape index (κ1) is 17.3. The Morgan fingerprint density at radius 1 is 1.48 bits per heavy atom. The lowest BCUT2D eigenvalue weighted by Crippen LogP contribution is -2.43. The molecular weight excluding hydrogens is 268 g/mol. The molecule has 0 aromatic heterocycles. The standard InChI is InChI=1S/C15H26N4O2/c1-3-10(2)15(17)18-8-4-5-13-12(16)9-11(20)6-7-14(21)19-13/h10,13,16H,3-9H2,1-2H3,(H2,17,18)(H,19,21). The van der Waals surface area contributed by atoms with Gasteiger partial charge in [0.05, 0.1) is 11.9 Å². The van der Waals surface area contributed by atoms with Gasteiger partial charge in [0.2, 0.25) is 5.91 Å². The van der Waals surface area contributed by atoms with E-state index in [1.54, 1.807) is 0 Å². The summed E-state index contributed by atoms with van der Waals surface area (Å²) >= 11 is 0. The number of aliphatic imine (C=N–C) groups is 1. The number of nitrogens with one attached hydrogen (secondary N) is 2. The van der Waals surface area contributed by atoms with Crippen LogP contribution in [0.4, 0.5) is 0 Å². The second-order valence-electron chi connectivity index (χ2n) is 5.62. The Balaban J connectivity index is 2.46. The number of carbonyl (C=O) groups excluding carboxylic acids is 2. The molecule has 2 atom stereocenters. The smallest absolute Gasteiger partial charge is 0.220 e. The fraction of sp³-hybridized carbons (Fsp3) is 0.733. The van der Waals surface area contributed by atoms with Crippen LogP contribution >= 0.6 is 0 Å². The van der Waals surface area contributed by atoms with Crippen molar-refractivity contribution in [3.63, 3.8) is 0 Å². The average Bonchev–Trinajstić information content (AvgIpc) is 2.45. The lowest BCUT2D eigenvalue weighted by molar-refractivity contribution is -0.125. The first-order valence-corrected chi connectivity index (χ1v) is 7.62. The number of nitrogens with two attached hydrogens (primary N) is 1. The summed E-state index contributed by atoms with van der Waals surface area (Å²) in [5.74, 6) is 0.755. The number of amides is 1. The van der Waals surface area contributed by atoms with Crippen LogP contribution in [0.3, 0.4) is 0 Å². The number of nitrogens with zero attached hydrogens (tertiary/aromatic N) is 1. The molecule has 0 saturated carbocycles. The second-order valence-corrected chi connectivity index (χ2v) is 5.62. The summed E-state index contributed by atoms with van der Waals surface area (Å²) in [6.07, 6.45) is 2.91. The number of amidine groups is 1. The highest BCUT2D eigenvalue weighted by atomic mass is 16.2. The zero-order valence-electron chi connectivity index (χ0n) is 12.9. The van der Waals surface area contributed by atoms with E-state index in [1.165, 1.54) is 0 Å². The van der Waals surface area contributed by atoms with Crippen LogP contribution in [0.1, 0.15) is 52.4 Å².